The lowest BCUT2D eigenvalue weighted by atomic mass is 10.2. The van der Waals surface area contributed by atoms with Crippen molar-refractivity contribution in [2.45, 2.75) is 0 Å². The zero-order valence-electron chi connectivity index (χ0n) is 6.00. The number of aromatic nitrogens is 4. The van der Waals surface area contributed by atoms with Gasteiger partial charge < -0.3 is 5.73 Å². The number of nitrogens with one attached hydrogen (secondary N) is 2. The van der Waals surface area contributed by atoms with Gasteiger partial charge in [-0.25, -0.2) is 4.39 Å². The van der Waals surface area contributed by atoms with Crippen LogP contribution in [-0.2, 0) is 0 Å². The van der Waals surface area contributed by atoms with Crippen LogP contribution in [0.1, 0.15) is 0 Å². The molecule has 0 unspecified atom stereocenters. The number of anilines is 1. The molecule has 0 aromatic carbocycles. The normalized spacial score (nSPS) is 10.4. The zero-order chi connectivity index (χ0) is 8.55. The lowest BCUT2D eigenvalue weighted by Crippen LogP contribution is -1.86. The third kappa shape index (κ3) is 0.849. The molecule has 0 radical (unpaired) electrons. The maximum absolute atomic E-state index is 13.1. The molecule has 2 heterocycles. The Bertz CT molecular complexity index is 377. The van der Waals surface area contributed by atoms with Crippen LogP contribution in [0, 0.1) is 5.82 Å². The summed E-state index contributed by atoms with van der Waals surface area (Å²) in [6.07, 6.45) is 3.03. The highest BCUT2D eigenvalue weighted by Crippen LogP contribution is 2.21. The van der Waals surface area contributed by atoms with E-state index in [4.69, 9.17) is 5.73 Å². The summed E-state index contributed by atoms with van der Waals surface area (Å²) in [6.45, 7) is 0. The van der Waals surface area contributed by atoms with Gasteiger partial charge in [0.25, 0.3) is 0 Å². The van der Waals surface area contributed by atoms with Gasteiger partial charge in [0.1, 0.15) is 5.69 Å². The number of hydrogen-bond donors (Lipinski definition) is 3. The molecule has 2 aromatic heterocycles. The molecule has 0 saturated heterocycles. The first-order valence-electron chi connectivity index (χ1n) is 3.27. The Kier molecular flexibility index (Phi) is 1.33. The molecule has 6 heteroatoms. The molecule has 0 bridgehead atoms. The molecule has 0 spiro atoms. The van der Waals surface area contributed by atoms with Gasteiger partial charge in [-0.1, -0.05) is 0 Å². The van der Waals surface area contributed by atoms with Gasteiger partial charge >= 0.3 is 0 Å². The summed E-state index contributed by atoms with van der Waals surface area (Å²) in [7, 11) is 0. The van der Waals surface area contributed by atoms with Crippen LogP contribution in [0.4, 0.5) is 10.2 Å². The lowest BCUT2D eigenvalue weighted by molar-refractivity contribution is 0.636. The molecule has 2 rings (SSSR count). The summed E-state index contributed by atoms with van der Waals surface area (Å²) in [4.78, 5) is 0. The van der Waals surface area contributed by atoms with Crippen molar-refractivity contribution in [3.63, 3.8) is 0 Å². The van der Waals surface area contributed by atoms with Crippen LogP contribution in [0.5, 0.6) is 0 Å². The average molecular weight is 167 g/mol. The van der Waals surface area contributed by atoms with Crippen LogP contribution in [0.25, 0.3) is 11.3 Å². The molecule has 5 nitrogen and oxygen atoms in total. The highest BCUT2D eigenvalue weighted by molar-refractivity contribution is 5.61. The molecule has 62 valence electrons. The largest absolute Gasteiger partial charge is 0.380 e. The first-order valence-corrected chi connectivity index (χ1v) is 3.27. The van der Waals surface area contributed by atoms with Crippen LogP contribution in [0.2, 0.25) is 0 Å². The van der Waals surface area contributed by atoms with Gasteiger partial charge in [-0.3, -0.25) is 10.2 Å². The Labute approximate surface area is 66.8 Å². The number of halogens is 1. The molecule has 4 N–H and O–H groups in total. The van der Waals surface area contributed by atoms with Gasteiger partial charge in [-0.2, -0.15) is 10.2 Å². The Balaban J connectivity index is 2.55. The molecule has 0 fully saturated rings. The van der Waals surface area contributed by atoms with E-state index in [1.165, 1.54) is 6.20 Å². The predicted molar refractivity (Wildman–Crippen MR) is 40.5 cm³/mol. The summed E-state index contributed by atoms with van der Waals surface area (Å²) >= 11 is 0. The molecule has 0 amide bonds. The van der Waals surface area contributed by atoms with Crippen molar-refractivity contribution < 1.29 is 4.39 Å². The van der Waals surface area contributed by atoms with E-state index >= 15 is 0 Å². The fraction of sp³-hybridized carbons (Fsp3) is 0. The quantitative estimate of drug-likeness (QED) is 0.579. The number of nitrogen functional groups attached to an aromatic ring is 1. The third-order valence-corrected chi connectivity index (χ3v) is 1.52. The maximum atomic E-state index is 13.1. The topological polar surface area (TPSA) is 83.4 Å². The SMILES string of the molecule is Nc1n[nH]c(-c2cn[nH]c2)c1F. The predicted octanol–water partition coefficient (Wildman–Crippen LogP) is 0.521. The van der Waals surface area contributed by atoms with Crippen molar-refractivity contribution in [1.82, 2.24) is 20.4 Å². The van der Waals surface area contributed by atoms with E-state index in [1.807, 2.05) is 0 Å². The number of aromatic amines is 2. The van der Waals surface area contributed by atoms with Crippen LogP contribution in [0.3, 0.4) is 0 Å². The number of rotatable bonds is 1. The minimum atomic E-state index is -0.545. The van der Waals surface area contributed by atoms with Gasteiger partial charge in [0.15, 0.2) is 11.6 Å². The monoisotopic (exact) mass is 167 g/mol. The van der Waals surface area contributed by atoms with E-state index < -0.39 is 5.82 Å². The van der Waals surface area contributed by atoms with Crippen LogP contribution >= 0.6 is 0 Å². The van der Waals surface area contributed by atoms with Crippen LogP contribution in [0.15, 0.2) is 12.4 Å². The first kappa shape index (κ1) is 6.84. The number of nitrogens with zero attached hydrogens (tertiary/aromatic N) is 2. The van der Waals surface area contributed by atoms with Crippen molar-refractivity contribution in [1.29, 1.82) is 0 Å². The second-order valence-corrected chi connectivity index (χ2v) is 2.28. The van der Waals surface area contributed by atoms with Gasteiger partial charge in [0, 0.05) is 11.8 Å². The molecule has 0 aliphatic rings. The minimum Gasteiger partial charge on any atom is -0.380 e. The summed E-state index contributed by atoms with van der Waals surface area (Å²) in [5.74, 6) is -0.678. The van der Waals surface area contributed by atoms with Gasteiger partial charge in [0.2, 0.25) is 0 Å². The smallest absolute Gasteiger partial charge is 0.192 e. The molecule has 0 aliphatic heterocycles. The summed E-state index contributed by atoms with van der Waals surface area (Å²) < 4.78 is 13.1. The van der Waals surface area contributed by atoms with Crippen molar-refractivity contribution in [2.24, 2.45) is 0 Å². The molecule has 0 atom stereocenters. The zero-order valence-corrected chi connectivity index (χ0v) is 6.00. The summed E-state index contributed by atoms with van der Waals surface area (Å²) in [5, 5.41) is 12.2. The van der Waals surface area contributed by atoms with Crippen molar-refractivity contribution >= 4 is 5.82 Å². The molecule has 2 aromatic rings. The van der Waals surface area contributed by atoms with Gasteiger partial charge in [-0.15, -0.1) is 0 Å². The highest BCUT2D eigenvalue weighted by atomic mass is 19.1. The lowest BCUT2D eigenvalue weighted by Gasteiger charge is -1.88. The fourth-order valence-corrected chi connectivity index (χ4v) is 0.921. The van der Waals surface area contributed by atoms with Gasteiger partial charge in [0.05, 0.1) is 6.20 Å². The highest BCUT2D eigenvalue weighted by Gasteiger charge is 2.11. The van der Waals surface area contributed by atoms with Crippen molar-refractivity contribution in [3.05, 3.63) is 18.2 Å². The van der Waals surface area contributed by atoms with Crippen molar-refractivity contribution in [3.8, 4) is 11.3 Å². The van der Waals surface area contributed by atoms with Crippen LogP contribution < -0.4 is 5.73 Å². The van der Waals surface area contributed by atoms with Crippen molar-refractivity contribution in [2.75, 3.05) is 5.73 Å². The first-order chi connectivity index (χ1) is 5.79. The van der Waals surface area contributed by atoms with E-state index in [1.54, 1.807) is 6.20 Å². The Morgan fingerprint density at radius 1 is 1.50 bits per heavy atom. The summed E-state index contributed by atoms with van der Waals surface area (Å²) in [5.41, 5.74) is 6.04. The van der Waals surface area contributed by atoms with Crippen LogP contribution in [-0.4, -0.2) is 20.4 Å². The molecule has 0 saturated carbocycles. The molecule has 0 aliphatic carbocycles. The second kappa shape index (κ2) is 2.33. The maximum Gasteiger partial charge on any atom is 0.192 e. The average Bonchev–Trinajstić information content (AvgIpc) is 2.64. The molecular formula is C6H6FN5. The van der Waals surface area contributed by atoms with E-state index in [9.17, 15) is 4.39 Å². The van der Waals surface area contributed by atoms with E-state index in [0.717, 1.165) is 0 Å². The van der Waals surface area contributed by atoms with E-state index in [0.29, 0.717) is 5.56 Å². The Hall–Kier alpha value is -1.85. The molecule has 12 heavy (non-hydrogen) atoms. The van der Waals surface area contributed by atoms with Gasteiger partial charge in [-0.05, 0) is 0 Å². The number of nitrogens with two attached hydrogens (primary N) is 1. The second-order valence-electron chi connectivity index (χ2n) is 2.28. The van der Waals surface area contributed by atoms with E-state index in [-0.39, 0.29) is 11.5 Å². The number of hydrogen-bond acceptors (Lipinski definition) is 3. The fourth-order valence-electron chi connectivity index (χ4n) is 0.921. The third-order valence-electron chi connectivity index (χ3n) is 1.52. The molecular weight excluding hydrogens is 161 g/mol. The summed E-state index contributed by atoms with van der Waals surface area (Å²) in [6, 6.07) is 0. The standard InChI is InChI=1S/C6H6FN5/c7-4-5(11-12-6(4)8)3-1-9-10-2-3/h1-2H,(H,9,10)(H3,8,11,12). The van der Waals surface area contributed by atoms with E-state index in [2.05, 4.69) is 20.4 Å². The number of H-pyrrole nitrogens is 2. The Morgan fingerprint density at radius 3 is 2.83 bits per heavy atom. The minimum absolute atomic E-state index is 0.133. The Morgan fingerprint density at radius 2 is 2.33 bits per heavy atom.